The monoisotopic (exact) mass is 445 g/mol. The molecule has 0 radical (unpaired) electrons. The summed E-state index contributed by atoms with van der Waals surface area (Å²) in [6.45, 7) is 8.82. The van der Waals surface area contributed by atoms with Crippen LogP contribution in [0, 0.1) is 0 Å². The molecule has 182 valence electrons. The number of carbonyl (C=O) groups is 1. The number of ether oxygens (including phenoxy) is 2. The number of rotatable bonds is 17. The molecule has 0 aliphatic heterocycles. The van der Waals surface area contributed by atoms with Gasteiger partial charge in [-0.1, -0.05) is 107 Å². The third-order valence-corrected chi connectivity index (χ3v) is 5.20. The van der Waals surface area contributed by atoms with Crippen LogP contribution in [0.4, 0.5) is 4.79 Å². The highest BCUT2D eigenvalue weighted by molar-refractivity contribution is 5.68. The summed E-state index contributed by atoms with van der Waals surface area (Å²) in [5.41, 5.74) is 0.608. The molecule has 4 nitrogen and oxygen atoms in total. The number of carbonyl (C=O) groups excluding carboxylic acids is 1. The molecule has 0 unspecified atom stereocenters. The van der Waals surface area contributed by atoms with E-state index in [1.807, 2.05) is 57.2 Å². The highest BCUT2D eigenvalue weighted by atomic mass is 16.6. The van der Waals surface area contributed by atoms with Crippen LogP contribution in [0.5, 0.6) is 0 Å². The van der Waals surface area contributed by atoms with Gasteiger partial charge < -0.3 is 14.8 Å². The molecule has 0 fully saturated rings. The van der Waals surface area contributed by atoms with Crippen molar-refractivity contribution >= 4 is 6.09 Å². The minimum atomic E-state index is -0.515. The number of benzene rings is 1. The smallest absolute Gasteiger partial charge is 0.408 e. The van der Waals surface area contributed by atoms with Crippen LogP contribution in [0.2, 0.25) is 0 Å². The Kier molecular flexibility index (Phi) is 15.6. The minimum Gasteiger partial charge on any atom is -0.444 e. The Bertz CT molecular complexity index is 607. The summed E-state index contributed by atoms with van der Waals surface area (Å²) in [7, 11) is 0. The van der Waals surface area contributed by atoms with Gasteiger partial charge in [-0.05, 0) is 39.2 Å². The van der Waals surface area contributed by atoms with E-state index in [1.165, 1.54) is 64.2 Å². The van der Waals surface area contributed by atoms with E-state index < -0.39 is 11.7 Å². The van der Waals surface area contributed by atoms with Crippen LogP contribution < -0.4 is 5.32 Å². The van der Waals surface area contributed by atoms with Crippen molar-refractivity contribution in [2.45, 2.75) is 117 Å². The SMILES string of the molecule is CCCCCCCCCCCC/C=C\[C@H](COCc1ccccc1)NC(=O)OC(C)(C)C. The second-order valence-electron chi connectivity index (χ2n) is 9.65. The summed E-state index contributed by atoms with van der Waals surface area (Å²) in [5.74, 6) is 0. The number of nitrogens with one attached hydrogen (secondary N) is 1. The average molecular weight is 446 g/mol. The molecule has 1 atom stereocenters. The standard InChI is InChI=1S/C28H47NO3/c1-5-6-7-8-9-10-11-12-13-14-15-19-22-26(29-27(30)32-28(2,3)4)24-31-23-25-20-17-16-18-21-25/h16-22,26H,5-15,23-24H2,1-4H3,(H,29,30)/b22-19-/t26-/m1/s1. The first-order valence-electron chi connectivity index (χ1n) is 12.7. The largest absolute Gasteiger partial charge is 0.444 e. The highest BCUT2D eigenvalue weighted by Gasteiger charge is 2.18. The topological polar surface area (TPSA) is 47.6 Å². The number of allylic oxidation sites excluding steroid dienone is 1. The molecule has 0 aliphatic carbocycles. The third-order valence-electron chi connectivity index (χ3n) is 5.20. The lowest BCUT2D eigenvalue weighted by Crippen LogP contribution is -2.40. The summed E-state index contributed by atoms with van der Waals surface area (Å²) in [6, 6.07) is 9.88. The van der Waals surface area contributed by atoms with Crippen LogP contribution in [0.15, 0.2) is 42.5 Å². The number of alkyl carbamates (subject to hydrolysis) is 1. The Hall–Kier alpha value is -1.81. The summed E-state index contributed by atoms with van der Waals surface area (Å²) in [5, 5.41) is 2.93. The number of hydrogen-bond acceptors (Lipinski definition) is 3. The Morgan fingerprint density at radius 1 is 0.938 bits per heavy atom. The number of hydrogen-bond donors (Lipinski definition) is 1. The lowest BCUT2D eigenvalue weighted by molar-refractivity contribution is 0.0458. The van der Waals surface area contributed by atoms with Crippen molar-refractivity contribution in [2.75, 3.05) is 6.61 Å². The maximum absolute atomic E-state index is 12.2. The van der Waals surface area contributed by atoms with Crippen molar-refractivity contribution in [1.29, 1.82) is 0 Å². The first-order valence-corrected chi connectivity index (χ1v) is 12.7. The Morgan fingerprint density at radius 2 is 1.53 bits per heavy atom. The maximum atomic E-state index is 12.2. The van der Waals surface area contributed by atoms with Crippen LogP contribution >= 0.6 is 0 Å². The van der Waals surface area contributed by atoms with Crippen molar-refractivity contribution < 1.29 is 14.3 Å². The lowest BCUT2D eigenvalue weighted by atomic mass is 10.1. The van der Waals surface area contributed by atoms with Crippen molar-refractivity contribution in [3.05, 3.63) is 48.0 Å². The van der Waals surface area contributed by atoms with E-state index in [0.717, 1.165) is 12.0 Å². The molecule has 1 aromatic carbocycles. The lowest BCUT2D eigenvalue weighted by Gasteiger charge is -2.22. The van der Waals surface area contributed by atoms with E-state index in [9.17, 15) is 4.79 Å². The minimum absolute atomic E-state index is 0.198. The fourth-order valence-electron chi connectivity index (χ4n) is 3.49. The zero-order valence-electron chi connectivity index (χ0n) is 21.0. The normalized spacial score (nSPS) is 12.8. The van der Waals surface area contributed by atoms with Gasteiger partial charge in [0.1, 0.15) is 5.60 Å². The zero-order chi connectivity index (χ0) is 23.5. The average Bonchev–Trinajstić information content (AvgIpc) is 2.73. The molecule has 1 amide bonds. The van der Waals surface area contributed by atoms with Crippen molar-refractivity contribution in [3.63, 3.8) is 0 Å². The molecule has 0 saturated heterocycles. The predicted molar refractivity (Wildman–Crippen MR) is 135 cm³/mol. The van der Waals surface area contributed by atoms with Gasteiger partial charge in [-0.15, -0.1) is 0 Å². The predicted octanol–water partition coefficient (Wildman–Crippen LogP) is 7.96. The van der Waals surface area contributed by atoms with Gasteiger partial charge in [0.25, 0.3) is 0 Å². The Balaban J connectivity index is 2.29. The molecular weight excluding hydrogens is 398 g/mol. The van der Waals surface area contributed by atoms with Gasteiger partial charge in [-0.3, -0.25) is 0 Å². The summed E-state index contributed by atoms with van der Waals surface area (Å²) in [4.78, 5) is 12.2. The van der Waals surface area contributed by atoms with E-state index in [0.29, 0.717) is 13.2 Å². The Morgan fingerprint density at radius 3 is 2.12 bits per heavy atom. The molecule has 4 heteroatoms. The van der Waals surface area contributed by atoms with E-state index in [4.69, 9.17) is 9.47 Å². The van der Waals surface area contributed by atoms with Crippen LogP contribution in [-0.2, 0) is 16.1 Å². The van der Waals surface area contributed by atoms with Crippen LogP contribution in [0.3, 0.4) is 0 Å². The molecule has 1 rings (SSSR count). The first-order chi connectivity index (χ1) is 15.4. The van der Waals surface area contributed by atoms with Crippen molar-refractivity contribution in [2.24, 2.45) is 0 Å². The molecule has 0 aromatic heterocycles. The van der Waals surface area contributed by atoms with E-state index in [1.54, 1.807) is 0 Å². The van der Waals surface area contributed by atoms with Gasteiger partial charge in [-0.2, -0.15) is 0 Å². The van der Waals surface area contributed by atoms with Crippen LogP contribution in [0.1, 0.15) is 104 Å². The van der Waals surface area contributed by atoms with E-state index in [-0.39, 0.29) is 6.04 Å². The number of amides is 1. The zero-order valence-corrected chi connectivity index (χ0v) is 21.0. The van der Waals surface area contributed by atoms with Crippen LogP contribution in [0.25, 0.3) is 0 Å². The summed E-state index contributed by atoms with van der Waals surface area (Å²) in [6.07, 6.45) is 18.2. The maximum Gasteiger partial charge on any atom is 0.408 e. The molecule has 32 heavy (non-hydrogen) atoms. The molecule has 1 aromatic rings. The van der Waals surface area contributed by atoms with E-state index in [2.05, 4.69) is 18.3 Å². The van der Waals surface area contributed by atoms with Gasteiger partial charge in [0.2, 0.25) is 0 Å². The van der Waals surface area contributed by atoms with Gasteiger partial charge >= 0.3 is 6.09 Å². The van der Waals surface area contributed by atoms with Crippen molar-refractivity contribution in [3.8, 4) is 0 Å². The second kappa shape index (κ2) is 17.7. The highest BCUT2D eigenvalue weighted by Crippen LogP contribution is 2.12. The summed E-state index contributed by atoms with van der Waals surface area (Å²) < 4.78 is 11.3. The molecule has 0 aliphatic rings. The van der Waals surface area contributed by atoms with Crippen LogP contribution in [-0.4, -0.2) is 24.3 Å². The molecule has 0 bridgehead atoms. The summed E-state index contributed by atoms with van der Waals surface area (Å²) >= 11 is 0. The Labute approximate surface area is 197 Å². The fraction of sp³-hybridized carbons (Fsp3) is 0.679. The van der Waals surface area contributed by atoms with Gasteiger partial charge in [0, 0.05) is 0 Å². The van der Waals surface area contributed by atoms with Crippen molar-refractivity contribution in [1.82, 2.24) is 5.32 Å². The van der Waals surface area contributed by atoms with Gasteiger partial charge in [-0.25, -0.2) is 4.79 Å². The fourth-order valence-corrected chi connectivity index (χ4v) is 3.49. The molecule has 0 spiro atoms. The van der Waals surface area contributed by atoms with E-state index >= 15 is 0 Å². The van der Waals surface area contributed by atoms with Gasteiger partial charge in [0.15, 0.2) is 0 Å². The molecule has 1 N–H and O–H groups in total. The molecular formula is C28H47NO3. The molecule has 0 saturated carbocycles. The number of unbranched alkanes of at least 4 members (excludes halogenated alkanes) is 10. The second-order valence-corrected chi connectivity index (χ2v) is 9.65. The third kappa shape index (κ3) is 16.8. The first kappa shape index (κ1) is 28.2. The quantitative estimate of drug-likeness (QED) is 0.195. The van der Waals surface area contributed by atoms with Gasteiger partial charge in [0.05, 0.1) is 19.3 Å². The molecule has 0 heterocycles.